The number of urea groups is 1. The number of hydrogen-bond donors (Lipinski definition) is 4. The topological polar surface area (TPSA) is 122 Å². The predicted molar refractivity (Wildman–Crippen MR) is 149 cm³/mol. The summed E-state index contributed by atoms with van der Waals surface area (Å²) >= 11 is 0. The van der Waals surface area contributed by atoms with Crippen molar-refractivity contribution in [2.45, 2.75) is 39.7 Å². The molecule has 11 heteroatoms. The average Bonchev–Trinajstić information content (AvgIpc) is 3.52. The monoisotopic (exact) mass is 528 g/mol. The minimum Gasteiger partial charge on any atom is -0.457 e. The molecule has 200 valence electrons. The molecule has 0 aliphatic rings. The minimum absolute atomic E-state index is 0.00621. The first-order valence-corrected chi connectivity index (χ1v) is 12.6. The molecule has 0 saturated carbocycles. The van der Waals surface area contributed by atoms with Crippen molar-refractivity contribution in [1.29, 1.82) is 0 Å². The van der Waals surface area contributed by atoms with Gasteiger partial charge in [-0.25, -0.2) is 18.9 Å². The largest absolute Gasteiger partial charge is 0.457 e. The van der Waals surface area contributed by atoms with Crippen LogP contribution in [0.5, 0.6) is 11.5 Å². The Morgan fingerprint density at radius 1 is 1.00 bits per heavy atom. The number of nitrogens with one attached hydrogen (secondary N) is 4. The second-order valence-corrected chi connectivity index (χ2v) is 9.66. The first-order valence-electron chi connectivity index (χ1n) is 12.6. The summed E-state index contributed by atoms with van der Waals surface area (Å²) in [4.78, 5) is 17.1. The van der Waals surface area contributed by atoms with Crippen LogP contribution in [0.2, 0.25) is 0 Å². The zero-order chi connectivity index (χ0) is 27.5. The molecule has 0 bridgehead atoms. The fraction of sp³-hybridized carbons (Fsp3) is 0.214. The molecule has 2 aromatic carbocycles. The highest BCUT2D eigenvalue weighted by atomic mass is 19.1. The Bertz CT molecular complexity index is 1630. The van der Waals surface area contributed by atoms with Crippen molar-refractivity contribution in [3.8, 4) is 17.2 Å². The number of nitrogens with zero attached hydrogens (tertiary/aromatic N) is 4. The van der Waals surface area contributed by atoms with Crippen molar-refractivity contribution in [2.24, 2.45) is 0 Å². The van der Waals surface area contributed by atoms with Gasteiger partial charge in [-0.05, 0) is 56.2 Å². The van der Waals surface area contributed by atoms with Gasteiger partial charge in [0, 0.05) is 35.8 Å². The Morgan fingerprint density at radius 2 is 1.82 bits per heavy atom. The van der Waals surface area contributed by atoms with Crippen LogP contribution in [0.1, 0.15) is 39.3 Å². The summed E-state index contributed by atoms with van der Waals surface area (Å²) in [5, 5.41) is 21.1. The number of rotatable bonds is 8. The van der Waals surface area contributed by atoms with Gasteiger partial charge in [-0.15, -0.1) is 0 Å². The van der Waals surface area contributed by atoms with Gasteiger partial charge in [0.15, 0.2) is 0 Å². The Hall–Kier alpha value is -4.93. The van der Waals surface area contributed by atoms with Crippen molar-refractivity contribution in [3.05, 3.63) is 78.5 Å². The molecule has 0 aliphatic carbocycles. The summed E-state index contributed by atoms with van der Waals surface area (Å²) in [5.74, 6) is 1.39. The summed E-state index contributed by atoms with van der Waals surface area (Å²) in [6, 6.07) is 14.7. The zero-order valence-corrected chi connectivity index (χ0v) is 22.0. The van der Waals surface area contributed by atoms with Gasteiger partial charge in [0.25, 0.3) is 0 Å². The molecule has 3 heterocycles. The minimum atomic E-state index is -0.640. The number of benzene rings is 2. The van der Waals surface area contributed by atoms with Gasteiger partial charge in [0.1, 0.15) is 29.0 Å². The van der Waals surface area contributed by atoms with Crippen LogP contribution < -0.4 is 20.7 Å². The number of carbonyl (C=O) groups excluding carboxylic acids is 1. The fourth-order valence-electron chi connectivity index (χ4n) is 3.95. The van der Waals surface area contributed by atoms with Crippen LogP contribution in [0.4, 0.5) is 26.5 Å². The van der Waals surface area contributed by atoms with Crippen molar-refractivity contribution in [1.82, 2.24) is 25.0 Å². The molecular formula is C28H29FN8O2. The highest BCUT2D eigenvalue weighted by Gasteiger charge is 2.16. The highest BCUT2D eigenvalue weighted by Crippen LogP contribution is 2.28. The molecule has 5 rings (SSSR count). The number of anilines is 3. The van der Waals surface area contributed by atoms with Crippen LogP contribution in [0.15, 0.2) is 67.0 Å². The molecule has 0 aliphatic heterocycles. The van der Waals surface area contributed by atoms with Gasteiger partial charge >= 0.3 is 6.03 Å². The number of aromatic amines is 1. The molecule has 3 aromatic heterocycles. The number of amides is 2. The van der Waals surface area contributed by atoms with Gasteiger partial charge in [-0.3, -0.25) is 10.4 Å². The van der Waals surface area contributed by atoms with E-state index < -0.39 is 11.8 Å². The first kappa shape index (κ1) is 25.7. The average molecular weight is 529 g/mol. The van der Waals surface area contributed by atoms with E-state index in [9.17, 15) is 9.18 Å². The van der Waals surface area contributed by atoms with Gasteiger partial charge in [0.2, 0.25) is 0 Å². The molecule has 0 unspecified atom stereocenters. The number of pyridine rings is 1. The lowest BCUT2D eigenvalue weighted by atomic mass is 10.1. The van der Waals surface area contributed by atoms with Crippen LogP contribution in [0, 0.1) is 5.82 Å². The third-order valence-electron chi connectivity index (χ3n) is 5.82. The summed E-state index contributed by atoms with van der Waals surface area (Å²) < 4.78 is 22.3. The Labute approximate surface area is 224 Å². The number of halogens is 1. The van der Waals surface area contributed by atoms with Crippen molar-refractivity contribution in [3.63, 3.8) is 0 Å². The third-order valence-corrected chi connectivity index (χ3v) is 5.82. The molecule has 0 radical (unpaired) electrons. The maximum Gasteiger partial charge on any atom is 0.324 e. The number of carbonyl (C=O) groups is 1. The lowest BCUT2D eigenvalue weighted by Crippen LogP contribution is -2.22. The predicted octanol–water partition coefficient (Wildman–Crippen LogP) is 6.66. The Kier molecular flexibility index (Phi) is 7.13. The van der Waals surface area contributed by atoms with E-state index in [0.29, 0.717) is 17.4 Å². The Balaban J connectivity index is 1.31. The van der Waals surface area contributed by atoms with Crippen LogP contribution in [-0.2, 0) is 0 Å². The van der Waals surface area contributed by atoms with Gasteiger partial charge < -0.3 is 15.4 Å². The maximum atomic E-state index is 14.9. The SMILES string of the molecule is CC(C)Nc1cc(Oc2ccc(NC(=O)Nc3cc(C(C)C)nn3-c3ccc4[nH]ncc4c3)c(F)c2)ccn1. The van der Waals surface area contributed by atoms with Crippen LogP contribution in [0.25, 0.3) is 16.6 Å². The maximum absolute atomic E-state index is 14.9. The molecule has 4 N–H and O–H groups in total. The van der Waals surface area contributed by atoms with Crippen molar-refractivity contribution < 1.29 is 13.9 Å². The van der Waals surface area contributed by atoms with E-state index in [-0.39, 0.29) is 23.4 Å². The molecule has 0 fully saturated rings. The second kappa shape index (κ2) is 10.8. The Morgan fingerprint density at radius 3 is 2.59 bits per heavy atom. The smallest absolute Gasteiger partial charge is 0.324 e. The fourth-order valence-corrected chi connectivity index (χ4v) is 3.95. The van der Waals surface area contributed by atoms with Crippen LogP contribution >= 0.6 is 0 Å². The molecule has 0 atom stereocenters. The molecule has 0 spiro atoms. The first-order chi connectivity index (χ1) is 18.7. The summed E-state index contributed by atoms with van der Waals surface area (Å²) in [6.07, 6.45) is 3.33. The lowest BCUT2D eigenvalue weighted by molar-refractivity contribution is 0.262. The van der Waals surface area contributed by atoms with Gasteiger partial charge in [-0.2, -0.15) is 10.2 Å². The van der Waals surface area contributed by atoms with Gasteiger partial charge in [-0.1, -0.05) is 13.8 Å². The van der Waals surface area contributed by atoms with E-state index in [1.54, 1.807) is 41.3 Å². The standard InChI is InChI=1S/C28H29FN8O2/c1-16(2)25-14-27(37(36-25)19-5-7-23-18(11-19)15-31-35-23)34-28(38)33-24-8-6-20(12-22(24)29)39-21-9-10-30-26(13-21)32-17(3)4/h5-17H,1-4H3,(H,30,32)(H,31,35)(H2,33,34,38). The van der Waals surface area contributed by atoms with Crippen LogP contribution in [0.3, 0.4) is 0 Å². The van der Waals surface area contributed by atoms with E-state index in [4.69, 9.17) is 4.74 Å². The molecule has 2 amide bonds. The summed E-state index contributed by atoms with van der Waals surface area (Å²) in [6.45, 7) is 8.04. The van der Waals surface area contributed by atoms with Crippen molar-refractivity contribution >= 4 is 34.3 Å². The van der Waals surface area contributed by atoms with E-state index >= 15 is 0 Å². The number of hydrogen-bond acceptors (Lipinski definition) is 6. The highest BCUT2D eigenvalue weighted by molar-refractivity contribution is 5.99. The molecule has 39 heavy (non-hydrogen) atoms. The molecular weight excluding hydrogens is 499 g/mol. The van der Waals surface area contributed by atoms with E-state index in [0.717, 1.165) is 22.3 Å². The van der Waals surface area contributed by atoms with E-state index in [1.807, 2.05) is 45.9 Å². The second-order valence-electron chi connectivity index (χ2n) is 9.66. The lowest BCUT2D eigenvalue weighted by Gasteiger charge is -2.13. The third kappa shape index (κ3) is 5.98. The summed E-state index contributed by atoms with van der Waals surface area (Å²) in [7, 11) is 0. The van der Waals surface area contributed by atoms with Crippen LogP contribution in [-0.4, -0.2) is 37.0 Å². The molecule has 10 nitrogen and oxygen atoms in total. The number of fused-ring (bicyclic) bond motifs is 1. The number of ether oxygens (including phenoxy) is 1. The van der Waals surface area contributed by atoms with Gasteiger partial charge in [0.05, 0.1) is 28.8 Å². The zero-order valence-electron chi connectivity index (χ0n) is 22.0. The summed E-state index contributed by atoms with van der Waals surface area (Å²) in [5.41, 5.74) is 2.45. The van der Waals surface area contributed by atoms with Crippen molar-refractivity contribution in [2.75, 3.05) is 16.0 Å². The van der Waals surface area contributed by atoms with E-state index in [2.05, 4.69) is 36.2 Å². The number of H-pyrrole nitrogens is 1. The molecule has 0 saturated heterocycles. The quantitative estimate of drug-likeness (QED) is 0.179. The number of aromatic nitrogens is 5. The van der Waals surface area contributed by atoms with E-state index in [1.165, 1.54) is 12.1 Å². The normalized spacial score (nSPS) is 11.3. The molecule has 5 aromatic rings.